The van der Waals surface area contributed by atoms with Gasteiger partial charge in [-0.3, -0.25) is 9.59 Å². The predicted octanol–water partition coefficient (Wildman–Crippen LogP) is 1.78. The minimum absolute atomic E-state index is 0.0204. The third kappa shape index (κ3) is 2.25. The van der Waals surface area contributed by atoms with Gasteiger partial charge in [0.2, 0.25) is 5.56 Å². The van der Waals surface area contributed by atoms with Crippen LogP contribution in [0, 0.1) is 0 Å². The molecule has 1 amide bonds. The molecule has 92 valence electrons. The molecule has 0 aromatic carbocycles. The van der Waals surface area contributed by atoms with Crippen LogP contribution in [0.2, 0.25) is 0 Å². The summed E-state index contributed by atoms with van der Waals surface area (Å²) in [6.45, 7) is 4.17. The van der Waals surface area contributed by atoms with Crippen LogP contribution < -0.4 is 5.56 Å². The Kier molecular flexibility index (Phi) is 3.31. The van der Waals surface area contributed by atoms with Crippen LogP contribution in [0.3, 0.4) is 0 Å². The number of nitrogens with one attached hydrogen (secondary N) is 1. The molecule has 1 aromatic heterocycles. The Morgan fingerprint density at radius 3 is 2.94 bits per heavy atom. The molecular weight excluding hydrogens is 216 g/mol. The fourth-order valence-electron chi connectivity index (χ4n) is 2.57. The Morgan fingerprint density at radius 1 is 1.53 bits per heavy atom. The van der Waals surface area contributed by atoms with Gasteiger partial charge in [0.1, 0.15) is 0 Å². The van der Waals surface area contributed by atoms with Gasteiger partial charge in [-0.25, -0.2) is 0 Å². The van der Waals surface area contributed by atoms with E-state index in [1.807, 2.05) is 4.90 Å². The molecule has 1 aromatic rings. The molecule has 1 aliphatic heterocycles. The van der Waals surface area contributed by atoms with Gasteiger partial charge < -0.3 is 9.88 Å². The third-order valence-corrected chi connectivity index (χ3v) is 3.51. The van der Waals surface area contributed by atoms with Crippen LogP contribution in [0.15, 0.2) is 23.1 Å². The van der Waals surface area contributed by atoms with Crippen molar-refractivity contribution in [3.63, 3.8) is 0 Å². The highest BCUT2D eigenvalue weighted by molar-refractivity contribution is 5.94. The van der Waals surface area contributed by atoms with Crippen molar-refractivity contribution in [3.05, 3.63) is 34.2 Å². The molecule has 0 saturated carbocycles. The van der Waals surface area contributed by atoms with Gasteiger partial charge in [0, 0.05) is 29.9 Å². The number of rotatable bonds is 2. The van der Waals surface area contributed by atoms with Crippen LogP contribution in [0.5, 0.6) is 0 Å². The molecule has 2 unspecified atom stereocenters. The summed E-state index contributed by atoms with van der Waals surface area (Å²) in [7, 11) is 0. The first kappa shape index (κ1) is 11.9. The highest BCUT2D eigenvalue weighted by Crippen LogP contribution is 2.27. The summed E-state index contributed by atoms with van der Waals surface area (Å²) in [6.07, 6.45) is 4.61. The van der Waals surface area contributed by atoms with E-state index in [1.165, 1.54) is 12.3 Å². The van der Waals surface area contributed by atoms with Crippen molar-refractivity contribution >= 4 is 5.91 Å². The maximum atomic E-state index is 12.4. The number of aromatic nitrogens is 1. The second kappa shape index (κ2) is 4.73. The molecule has 0 bridgehead atoms. The molecule has 1 aliphatic rings. The third-order valence-electron chi connectivity index (χ3n) is 3.51. The number of carbonyl (C=O) groups is 1. The summed E-state index contributed by atoms with van der Waals surface area (Å²) in [5, 5.41) is 0. The predicted molar refractivity (Wildman–Crippen MR) is 66.0 cm³/mol. The minimum atomic E-state index is -0.226. The van der Waals surface area contributed by atoms with E-state index in [1.54, 1.807) is 6.07 Å². The first-order valence-electron chi connectivity index (χ1n) is 6.15. The average Bonchev–Trinajstić information content (AvgIpc) is 2.69. The minimum Gasteiger partial charge on any atom is -0.333 e. The number of likely N-dealkylation sites (tertiary alicyclic amines) is 1. The van der Waals surface area contributed by atoms with Crippen LogP contribution in [0.1, 0.15) is 43.5 Å². The van der Waals surface area contributed by atoms with Crippen molar-refractivity contribution in [2.45, 2.75) is 45.2 Å². The van der Waals surface area contributed by atoms with Gasteiger partial charge in [0.05, 0.1) is 0 Å². The number of H-pyrrole nitrogens is 1. The van der Waals surface area contributed by atoms with E-state index in [4.69, 9.17) is 0 Å². The van der Waals surface area contributed by atoms with E-state index in [0.717, 1.165) is 19.3 Å². The van der Waals surface area contributed by atoms with Crippen molar-refractivity contribution < 1.29 is 4.79 Å². The second-order valence-corrected chi connectivity index (χ2v) is 4.64. The lowest BCUT2D eigenvalue weighted by Gasteiger charge is -2.28. The van der Waals surface area contributed by atoms with Crippen LogP contribution in [-0.2, 0) is 0 Å². The van der Waals surface area contributed by atoms with Crippen molar-refractivity contribution in [1.82, 2.24) is 9.88 Å². The normalized spacial score (nSPS) is 24.0. The summed E-state index contributed by atoms with van der Waals surface area (Å²) in [5.41, 5.74) is 0.261. The Hall–Kier alpha value is -1.58. The molecule has 4 heteroatoms. The highest BCUT2D eigenvalue weighted by atomic mass is 16.2. The number of aromatic amines is 1. The van der Waals surface area contributed by atoms with Crippen LogP contribution in [-0.4, -0.2) is 27.9 Å². The quantitative estimate of drug-likeness (QED) is 0.848. The fraction of sp³-hybridized carbons (Fsp3) is 0.538. The van der Waals surface area contributed by atoms with Gasteiger partial charge in [-0.15, -0.1) is 0 Å². The maximum Gasteiger partial charge on any atom is 0.254 e. The molecule has 1 fully saturated rings. The summed E-state index contributed by atoms with van der Waals surface area (Å²) >= 11 is 0. The van der Waals surface area contributed by atoms with Crippen molar-refractivity contribution in [2.24, 2.45) is 0 Å². The largest absolute Gasteiger partial charge is 0.333 e. The topological polar surface area (TPSA) is 53.2 Å². The first-order chi connectivity index (χ1) is 8.13. The molecule has 17 heavy (non-hydrogen) atoms. The van der Waals surface area contributed by atoms with Gasteiger partial charge in [-0.1, -0.05) is 6.92 Å². The molecule has 4 nitrogen and oxygen atoms in total. The zero-order valence-corrected chi connectivity index (χ0v) is 10.3. The van der Waals surface area contributed by atoms with E-state index < -0.39 is 0 Å². The summed E-state index contributed by atoms with van der Waals surface area (Å²) in [5.74, 6) is -0.0204. The lowest BCUT2D eigenvalue weighted by atomic mass is 10.1. The van der Waals surface area contributed by atoms with E-state index in [9.17, 15) is 9.59 Å². The smallest absolute Gasteiger partial charge is 0.254 e. The van der Waals surface area contributed by atoms with Crippen molar-refractivity contribution in [3.8, 4) is 0 Å². The molecule has 2 rings (SSSR count). The molecular formula is C13H18N2O2. The Morgan fingerprint density at radius 2 is 2.29 bits per heavy atom. The molecule has 2 atom stereocenters. The molecule has 2 heterocycles. The molecule has 0 aliphatic carbocycles. The zero-order valence-electron chi connectivity index (χ0n) is 10.3. The molecule has 0 radical (unpaired) electrons. The van der Waals surface area contributed by atoms with Gasteiger partial charge in [0.25, 0.3) is 5.91 Å². The first-order valence-corrected chi connectivity index (χ1v) is 6.15. The van der Waals surface area contributed by atoms with Gasteiger partial charge >= 0.3 is 0 Å². The number of hydrogen-bond acceptors (Lipinski definition) is 2. The summed E-state index contributed by atoms with van der Waals surface area (Å²) in [6, 6.07) is 3.63. The van der Waals surface area contributed by atoms with Crippen LogP contribution in [0.4, 0.5) is 0 Å². The standard InChI is InChI=1S/C13H18N2O2/c1-3-11-5-4-9(2)15(11)13(17)10-6-7-14-12(16)8-10/h6-9,11H,3-5H2,1-2H3,(H,14,16). The van der Waals surface area contributed by atoms with Gasteiger partial charge in [-0.05, 0) is 32.3 Å². The monoisotopic (exact) mass is 234 g/mol. The number of pyridine rings is 1. The molecule has 1 saturated heterocycles. The number of carbonyl (C=O) groups excluding carboxylic acids is 1. The van der Waals surface area contributed by atoms with Crippen molar-refractivity contribution in [1.29, 1.82) is 0 Å². The number of hydrogen-bond donors (Lipinski definition) is 1. The second-order valence-electron chi connectivity index (χ2n) is 4.64. The fourth-order valence-corrected chi connectivity index (χ4v) is 2.57. The highest BCUT2D eigenvalue weighted by Gasteiger charge is 2.33. The lowest BCUT2D eigenvalue weighted by Crippen LogP contribution is -2.40. The van der Waals surface area contributed by atoms with Crippen LogP contribution >= 0.6 is 0 Å². The Bertz CT molecular complexity index is 466. The molecule has 0 spiro atoms. The van der Waals surface area contributed by atoms with Crippen molar-refractivity contribution in [2.75, 3.05) is 0 Å². The summed E-state index contributed by atoms with van der Waals surface area (Å²) < 4.78 is 0. The average molecular weight is 234 g/mol. The molecule has 1 N–H and O–H groups in total. The van der Waals surface area contributed by atoms with Crippen LogP contribution in [0.25, 0.3) is 0 Å². The number of nitrogens with zero attached hydrogens (tertiary/aromatic N) is 1. The lowest BCUT2D eigenvalue weighted by molar-refractivity contribution is 0.0676. The van der Waals surface area contributed by atoms with E-state index in [-0.39, 0.29) is 17.5 Å². The SMILES string of the molecule is CCC1CCC(C)N1C(=O)c1cc[nH]c(=O)c1. The Labute approximate surface area is 101 Å². The zero-order chi connectivity index (χ0) is 12.4. The summed E-state index contributed by atoms with van der Waals surface area (Å²) in [4.78, 5) is 28.0. The van der Waals surface area contributed by atoms with E-state index in [0.29, 0.717) is 11.6 Å². The maximum absolute atomic E-state index is 12.4. The Balaban J connectivity index is 2.27. The van der Waals surface area contributed by atoms with E-state index >= 15 is 0 Å². The number of amides is 1. The van der Waals surface area contributed by atoms with Gasteiger partial charge in [-0.2, -0.15) is 0 Å². The van der Waals surface area contributed by atoms with Gasteiger partial charge in [0.15, 0.2) is 0 Å². The van der Waals surface area contributed by atoms with E-state index in [2.05, 4.69) is 18.8 Å².